The number of halogens is 4. The third-order valence-corrected chi connectivity index (χ3v) is 21.1. The quantitative estimate of drug-likeness (QED) is 0.0593. The first-order valence-corrected chi connectivity index (χ1v) is 24.7. The normalized spacial score (nSPS) is 14.5. The van der Waals surface area contributed by atoms with Gasteiger partial charge in [0.15, 0.2) is 0 Å². The minimum atomic E-state index is -5.03. The third kappa shape index (κ3) is 10.1. The van der Waals surface area contributed by atoms with Crippen LogP contribution in [0.4, 0.5) is 28.9 Å². The van der Waals surface area contributed by atoms with E-state index in [1.807, 2.05) is 36.5 Å². The second-order valence-corrected chi connectivity index (χ2v) is 22.8. The van der Waals surface area contributed by atoms with Crippen LogP contribution in [0.1, 0.15) is 145 Å². The van der Waals surface area contributed by atoms with Crippen molar-refractivity contribution in [3.63, 3.8) is 0 Å². The molecule has 304 valence electrons. The molecule has 2 aromatic carbocycles. The zero-order valence-electron chi connectivity index (χ0n) is 35.4. The van der Waals surface area contributed by atoms with Crippen molar-refractivity contribution in [1.82, 2.24) is 0 Å². The molecule has 2 nitrogen and oxygen atoms in total. The molecule has 0 N–H and O–H groups in total. The van der Waals surface area contributed by atoms with Gasteiger partial charge in [0.25, 0.3) is 0 Å². The Hall–Kier alpha value is -2.57. The van der Waals surface area contributed by atoms with Crippen molar-refractivity contribution in [3.8, 4) is 0 Å². The average Bonchev–Trinajstić information content (AvgIpc) is 3.93. The summed E-state index contributed by atoms with van der Waals surface area (Å²) in [6.07, 6.45) is 24.1. The van der Waals surface area contributed by atoms with Crippen LogP contribution in [-0.4, -0.2) is 26.2 Å². The number of nitrogens with zero attached hydrogens (tertiary/aromatic N) is 2. The summed E-state index contributed by atoms with van der Waals surface area (Å²) in [6, 6.07) is 5.91. The maximum absolute atomic E-state index is 18.1. The second kappa shape index (κ2) is 20.7. The number of unbranched alkanes of at least 4 members (excludes halogenated alkanes) is 6. The van der Waals surface area contributed by atoms with Crippen LogP contribution < -0.4 is 17.5 Å². The summed E-state index contributed by atoms with van der Waals surface area (Å²) >= 11 is -5.03. The molecule has 0 aromatic heterocycles. The molecule has 55 heavy (non-hydrogen) atoms. The molecule has 2 aliphatic carbocycles. The third-order valence-electron chi connectivity index (χ3n) is 13.2. The standard InChI is InChI=1S/2C19H30F2N.2C5H5.Ti/c2*1-5-8-9-10-13-22(15-19(4,6-2)7-3)18-12-11-16(20)14-17(18)21;2*1-2-4-5-3-1;/h2*11-12H,5-10,13,15H2,1-4H3;2*1-3H,4H2;. The molecule has 0 heterocycles. The molecule has 0 atom stereocenters. The molecule has 0 saturated carbocycles. The Bertz CT molecular complexity index is 1560. The van der Waals surface area contributed by atoms with Gasteiger partial charge in [0, 0.05) is 0 Å². The SMILES string of the molecule is CCCCCCN(CC(C)(CC)CC)c1ccc(F)[c]([Ti]([C]2=CC=CC2)([C]2=CC=CC2)[c]2c(F)ccc(N(CCCCCC)CC(C)(CC)CC)c2F)c1F. The summed E-state index contributed by atoms with van der Waals surface area (Å²) in [5.74, 6) is -2.75. The van der Waals surface area contributed by atoms with Crippen LogP contribution in [0.25, 0.3) is 0 Å². The summed E-state index contributed by atoms with van der Waals surface area (Å²) in [4.78, 5) is 4.21. The Morgan fingerprint density at radius 1 is 0.545 bits per heavy atom. The van der Waals surface area contributed by atoms with E-state index in [-0.39, 0.29) is 18.6 Å². The van der Waals surface area contributed by atoms with Crippen molar-refractivity contribution in [2.75, 3.05) is 36.0 Å². The fourth-order valence-corrected chi connectivity index (χ4v) is 16.8. The van der Waals surface area contributed by atoms with Crippen LogP contribution in [0, 0.1) is 34.1 Å². The van der Waals surface area contributed by atoms with E-state index in [1.54, 1.807) is 12.1 Å². The van der Waals surface area contributed by atoms with E-state index < -0.39 is 39.9 Å². The van der Waals surface area contributed by atoms with E-state index in [0.29, 0.717) is 50.4 Å². The van der Waals surface area contributed by atoms with E-state index in [0.717, 1.165) is 84.8 Å². The molecule has 0 saturated heterocycles. The topological polar surface area (TPSA) is 6.48 Å². The van der Waals surface area contributed by atoms with Crippen LogP contribution >= 0.6 is 0 Å². The van der Waals surface area contributed by atoms with Gasteiger partial charge in [0.1, 0.15) is 0 Å². The van der Waals surface area contributed by atoms with Gasteiger partial charge in [-0.05, 0) is 0 Å². The number of rotatable bonds is 24. The van der Waals surface area contributed by atoms with Crippen molar-refractivity contribution in [3.05, 3.63) is 91.7 Å². The number of benzene rings is 2. The Morgan fingerprint density at radius 2 is 0.927 bits per heavy atom. The van der Waals surface area contributed by atoms with Crippen molar-refractivity contribution in [1.29, 1.82) is 0 Å². The van der Waals surface area contributed by atoms with Crippen LogP contribution in [0.3, 0.4) is 0 Å². The van der Waals surface area contributed by atoms with Gasteiger partial charge in [-0.15, -0.1) is 0 Å². The molecule has 0 aliphatic heterocycles. The average molecular weight is 799 g/mol. The molecular formula is C48H70F4N2Ti. The Balaban J connectivity index is 2.06. The van der Waals surface area contributed by atoms with Crippen molar-refractivity contribution >= 4 is 19.1 Å². The fraction of sp³-hybridized carbons (Fsp3) is 0.583. The fourth-order valence-electron chi connectivity index (χ4n) is 8.58. The summed E-state index contributed by atoms with van der Waals surface area (Å²) in [5, 5.41) is 0. The Morgan fingerprint density at radius 3 is 1.24 bits per heavy atom. The van der Waals surface area contributed by atoms with E-state index >= 15 is 17.6 Å². The van der Waals surface area contributed by atoms with Crippen molar-refractivity contribution < 1.29 is 34.2 Å². The van der Waals surface area contributed by atoms with Gasteiger partial charge in [0.2, 0.25) is 0 Å². The molecule has 7 heteroatoms. The van der Waals surface area contributed by atoms with E-state index in [2.05, 4.69) is 65.2 Å². The van der Waals surface area contributed by atoms with Gasteiger partial charge in [0.05, 0.1) is 0 Å². The first-order chi connectivity index (χ1) is 26.4. The van der Waals surface area contributed by atoms with Crippen LogP contribution in [0.5, 0.6) is 0 Å². The number of hydrogen-bond donors (Lipinski definition) is 0. The van der Waals surface area contributed by atoms with Gasteiger partial charge in [-0.3, -0.25) is 0 Å². The molecular weight excluding hydrogens is 728 g/mol. The summed E-state index contributed by atoms with van der Waals surface area (Å²) in [5.41, 5.74) is 0.507. The van der Waals surface area contributed by atoms with Gasteiger partial charge < -0.3 is 0 Å². The summed E-state index contributed by atoms with van der Waals surface area (Å²) in [7, 11) is 0. The van der Waals surface area contributed by atoms with E-state index in [1.165, 1.54) is 12.1 Å². The molecule has 0 amide bonds. The van der Waals surface area contributed by atoms with E-state index in [4.69, 9.17) is 0 Å². The minimum absolute atomic E-state index is 0.0846. The molecule has 0 unspecified atom stereocenters. The second-order valence-electron chi connectivity index (χ2n) is 16.9. The van der Waals surface area contributed by atoms with Crippen LogP contribution in [0.2, 0.25) is 0 Å². The van der Waals surface area contributed by atoms with Crippen molar-refractivity contribution in [2.24, 2.45) is 10.8 Å². The number of allylic oxidation sites excluding steroid dienone is 8. The molecule has 0 radical (unpaired) electrons. The number of anilines is 2. The molecule has 0 fully saturated rings. The summed E-state index contributed by atoms with van der Waals surface area (Å²) in [6.45, 7) is 20.0. The van der Waals surface area contributed by atoms with E-state index in [9.17, 15) is 0 Å². The molecule has 0 bridgehead atoms. The molecule has 4 rings (SSSR count). The Labute approximate surface area is 335 Å². The van der Waals surface area contributed by atoms with Crippen molar-refractivity contribution in [2.45, 2.75) is 145 Å². The van der Waals surface area contributed by atoms with Gasteiger partial charge >= 0.3 is 337 Å². The van der Waals surface area contributed by atoms with Gasteiger partial charge in [-0.2, -0.15) is 0 Å². The molecule has 2 aromatic rings. The molecule has 0 spiro atoms. The van der Waals surface area contributed by atoms with Crippen LogP contribution in [-0.2, 0) is 16.6 Å². The first-order valence-electron chi connectivity index (χ1n) is 21.6. The predicted octanol–water partition coefficient (Wildman–Crippen LogP) is 13.5. The zero-order valence-corrected chi connectivity index (χ0v) is 37.0. The zero-order chi connectivity index (χ0) is 40.2. The Kier molecular flexibility index (Phi) is 17.0. The van der Waals surface area contributed by atoms with Crippen LogP contribution in [0.15, 0.2) is 68.5 Å². The van der Waals surface area contributed by atoms with Gasteiger partial charge in [-0.1, -0.05) is 0 Å². The maximum atomic E-state index is 18.1. The molecule has 2 aliphatic rings. The predicted molar refractivity (Wildman–Crippen MR) is 226 cm³/mol. The monoisotopic (exact) mass is 798 g/mol. The first kappa shape index (κ1) is 45.1. The number of hydrogen-bond acceptors (Lipinski definition) is 2. The summed E-state index contributed by atoms with van der Waals surface area (Å²) < 4.78 is 71.8. The van der Waals surface area contributed by atoms with Gasteiger partial charge in [-0.25, -0.2) is 0 Å².